The first-order valence-corrected chi connectivity index (χ1v) is 21.1. The molecule has 0 aromatic heterocycles. The molecular weight excluding hydrogens is 779 g/mol. The monoisotopic (exact) mass is 839 g/mol. The van der Waals surface area contributed by atoms with Crippen LogP contribution in [0.2, 0.25) is 0 Å². The predicted octanol–water partition coefficient (Wildman–Crippen LogP) is 5.81. The highest BCUT2D eigenvalue weighted by molar-refractivity contribution is 6.08. The average Bonchev–Trinajstić information content (AvgIpc) is 3.19. The molecule has 61 heavy (non-hydrogen) atoms. The predicted molar refractivity (Wildman–Crippen MR) is 233 cm³/mol. The van der Waals surface area contributed by atoms with E-state index >= 15 is 0 Å². The van der Waals surface area contributed by atoms with Crippen LogP contribution in [0.4, 0.5) is 11.4 Å². The van der Waals surface area contributed by atoms with Gasteiger partial charge in [-0.1, -0.05) is 91.8 Å². The third kappa shape index (κ3) is 14.0. The van der Waals surface area contributed by atoms with Crippen LogP contribution >= 0.6 is 0 Å². The van der Waals surface area contributed by atoms with Crippen molar-refractivity contribution in [3.63, 3.8) is 0 Å². The van der Waals surface area contributed by atoms with Gasteiger partial charge >= 0.3 is 0 Å². The molecule has 1 aliphatic heterocycles. The number of benzene rings is 3. The van der Waals surface area contributed by atoms with Gasteiger partial charge in [0.2, 0.25) is 23.6 Å². The topological polar surface area (TPSA) is 209 Å². The summed E-state index contributed by atoms with van der Waals surface area (Å²) in [5.41, 5.74) is 1.23. The quantitative estimate of drug-likeness (QED) is 0.117. The van der Waals surface area contributed by atoms with Crippen molar-refractivity contribution >= 4 is 46.8 Å². The summed E-state index contributed by atoms with van der Waals surface area (Å²) in [6.45, 7) is 15.1. The van der Waals surface area contributed by atoms with Gasteiger partial charge in [0, 0.05) is 35.0 Å². The van der Waals surface area contributed by atoms with Gasteiger partial charge in [-0.05, 0) is 85.3 Å². The highest BCUT2D eigenvalue weighted by atomic mass is 16.6. The fraction of sp³-hybridized carbons (Fsp3) is 0.478. The van der Waals surface area contributed by atoms with E-state index in [1.165, 1.54) is 41.3 Å². The van der Waals surface area contributed by atoms with E-state index in [1.807, 2.05) is 55.4 Å². The molecule has 4 rings (SSSR count). The largest absolute Gasteiger partial charge is 0.350 e. The molecule has 6 amide bonds. The summed E-state index contributed by atoms with van der Waals surface area (Å²) < 4.78 is 0. The second kappa shape index (κ2) is 21.9. The van der Waals surface area contributed by atoms with E-state index in [1.54, 1.807) is 36.4 Å². The van der Waals surface area contributed by atoms with E-state index in [4.69, 9.17) is 0 Å². The van der Waals surface area contributed by atoms with Crippen molar-refractivity contribution in [2.45, 2.75) is 118 Å². The van der Waals surface area contributed by atoms with E-state index in [-0.39, 0.29) is 78.4 Å². The Morgan fingerprint density at radius 1 is 0.590 bits per heavy atom. The molecule has 4 bridgehead atoms. The summed E-state index contributed by atoms with van der Waals surface area (Å²) in [6.07, 6.45) is 1.02. The molecule has 0 fully saturated rings. The molecule has 3 aromatic carbocycles. The van der Waals surface area contributed by atoms with Crippen LogP contribution < -0.4 is 31.5 Å². The number of anilines is 1. The molecule has 15 heteroatoms. The number of amides is 6. The van der Waals surface area contributed by atoms with E-state index in [9.17, 15) is 38.9 Å². The molecule has 1 aliphatic rings. The Hall–Kier alpha value is -6.12. The maximum atomic E-state index is 14.5. The van der Waals surface area contributed by atoms with Gasteiger partial charge in [-0.25, -0.2) is 0 Å². The second-order valence-corrected chi connectivity index (χ2v) is 17.5. The zero-order valence-corrected chi connectivity index (χ0v) is 36.5. The third-order valence-corrected chi connectivity index (χ3v) is 10.2. The van der Waals surface area contributed by atoms with Crippen LogP contribution in [0.1, 0.15) is 113 Å². The first kappa shape index (κ1) is 47.6. The summed E-state index contributed by atoms with van der Waals surface area (Å²) in [5, 5.41) is 26.3. The number of fused-ring (bicyclic) bond motifs is 4. The van der Waals surface area contributed by atoms with Crippen molar-refractivity contribution in [3.8, 4) is 0 Å². The fourth-order valence-electron chi connectivity index (χ4n) is 7.24. The number of nitro benzene ring substituents is 1. The van der Waals surface area contributed by atoms with Gasteiger partial charge in [0.15, 0.2) is 0 Å². The Bertz CT molecular complexity index is 2070. The highest BCUT2D eigenvalue weighted by Gasteiger charge is 2.33. The molecule has 4 atom stereocenters. The normalized spacial score (nSPS) is 20.0. The number of carbonyl (C=O) groups excluding carboxylic acids is 6. The van der Waals surface area contributed by atoms with Gasteiger partial charge in [-0.3, -0.25) is 38.9 Å². The van der Waals surface area contributed by atoms with Crippen molar-refractivity contribution in [2.75, 3.05) is 4.90 Å². The van der Waals surface area contributed by atoms with Gasteiger partial charge in [-0.2, -0.15) is 0 Å². The van der Waals surface area contributed by atoms with Gasteiger partial charge in [0.05, 0.1) is 11.5 Å². The summed E-state index contributed by atoms with van der Waals surface area (Å²) in [4.78, 5) is 97.2. The summed E-state index contributed by atoms with van der Waals surface area (Å²) in [6, 6.07) is 14.8. The molecule has 3 aromatic rings. The molecule has 0 saturated heterocycles. The fourth-order valence-corrected chi connectivity index (χ4v) is 7.24. The molecular formula is C46H61N7O8. The molecule has 0 radical (unpaired) electrons. The van der Waals surface area contributed by atoms with Crippen LogP contribution in [0.15, 0.2) is 72.8 Å². The van der Waals surface area contributed by atoms with E-state index in [2.05, 4.69) is 26.6 Å². The summed E-state index contributed by atoms with van der Waals surface area (Å²) >= 11 is 0. The summed E-state index contributed by atoms with van der Waals surface area (Å²) in [7, 11) is 0. The summed E-state index contributed by atoms with van der Waals surface area (Å²) in [5.74, 6) is -3.48. The van der Waals surface area contributed by atoms with Crippen molar-refractivity contribution in [1.82, 2.24) is 26.6 Å². The number of nitrogens with zero attached hydrogens (tertiary/aromatic N) is 2. The Morgan fingerprint density at radius 3 is 1.59 bits per heavy atom. The Labute approximate surface area is 358 Å². The lowest BCUT2D eigenvalue weighted by Crippen LogP contribution is -2.58. The lowest BCUT2D eigenvalue weighted by Gasteiger charge is -2.28. The number of nitro groups is 1. The number of carbonyl (C=O) groups is 6. The zero-order valence-electron chi connectivity index (χ0n) is 36.5. The molecule has 0 aliphatic carbocycles. The van der Waals surface area contributed by atoms with Gasteiger partial charge in [-0.15, -0.1) is 0 Å². The molecule has 5 N–H and O–H groups in total. The molecule has 0 spiro atoms. The standard InChI is InChI=1S/C46H61N7O8/c1-27(2)19-36-42(55)47-25-31-13-11-17-35(23-31)52(26-34-14-9-10-18-40(34)53(60)61)46(59)33-16-12-15-32(24-33)41(54)48-37(20-28(3)4)43(56)50-39(22-30(7)8)45(58)51-38(21-29(5)6)44(57)49-36/h9-18,23-24,27-30,36-39H,19-22,25-26H2,1-8H3,(H,47,55)(H,48,54)(H,49,57)(H,50,56)(H,51,58)/t36-,37-,38-,39+/m0/s1. The van der Waals surface area contributed by atoms with E-state index < -0.39 is 64.5 Å². The number of para-hydroxylation sites is 1. The molecule has 0 unspecified atom stereocenters. The first-order chi connectivity index (χ1) is 28.8. The number of hydrogen-bond acceptors (Lipinski definition) is 8. The SMILES string of the molecule is CC(C)C[C@@H]1NC(=O)c2cccc(c2)C(=O)N(Cc2ccccc2[N+](=O)[O-])c2cccc(c2)CNC(=O)[C@H](CC(C)C)NC(=O)[C@H](CC(C)C)NC(=O)[C@@H](CC(C)C)NC1=O. The van der Waals surface area contributed by atoms with Gasteiger partial charge in [0.1, 0.15) is 24.2 Å². The maximum Gasteiger partial charge on any atom is 0.274 e. The van der Waals surface area contributed by atoms with E-state index in [0.717, 1.165) is 0 Å². The minimum absolute atomic E-state index is 0.00480. The van der Waals surface area contributed by atoms with Crippen LogP contribution in [0.5, 0.6) is 0 Å². The first-order valence-electron chi connectivity index (χ1n) is 21.1. The molecule has 0 saturated carbocycles. The third-order valence-electron chi connectivity index (χ3n) is 10.2. The van der Waals surface area contributed by atoms with Crippen LogP contribution in [0, 0.1) is 33.8 Å². The van der Waals surface area contributed by atoms with Crippen LogP contribution in [0.25, 0.3) is 0 Å². The minimum atomic E-state index is -1.07. The zero-order chi connectivity index (χ0) is 45.0. The molecule has 328 valence electrons. The Kier molecular flexibility index (Phi) is 17.1. The molecule has 15 nitrogen and oxygen atoms in total. The van der Waals surface area contributed by atoms with Crippen molar-refractivity contribution in [3.05, 3.63) is 105 Å². The van der Waals surface area contributed by atoms with Gasteiger partial charge < -0.3 is 31.5 Å². The number of rotatable bonds is 11. The maximum absolute atomic E-state index is 14.5. The lowest BCUT2D eigenvalue weighted by atomic mass is 9.98. The van der Waals surface area contributed by atoms with Crippen LogP contribution in [-0.2, 0) is 32.3 Å². The molecule has 1 heterocycles. The van der Waals surface area contributed by atoms with Crippen molar-refractivity contribution < 1.29 is 33.7 Å². The smallest absolute Gasteiger partial charge is 0.274 e. The van der Waals surface area contributed by atoms with Crippen LogP contribution in [0.3, 0.4) is 0 Å². The van der Waals surface area contributed by atoms with Gasteiger partial charge in [0.25, 0.3) is 17.5 Å². The van der Waals surface area contributed by atoms with Crippen molar-refractivity contribution in [1.29, 1.82) is 0 Å². The van der Waals surface area contributed by atoms with Crippen molar-refractivity contribution in [2.24, 2.45) is 23.7 Å². The lowest BCUT2D eigenvalue weighted by molar-refractivity contribution is -0.385. The number of hydrogen-bond donors (Lipinski definition) is 5. The second-order valence-electron chi connectivity index (χ2n) is 17.5. The Morgan fingerprint density at radius 2 is 1.07 bits per heavy atom. The highest BCUT2D eigenvalue weighted by Crippen LogP contribution is 2.27. The Balaban J connectivity index is 1.85. The minimum Gasteiger partial charge on any atom is -0.350 e. The van der Waals surface area contributed by atoms with Crippen LogP contribution in [-0.4, -0.2) is 64.5 Å². The van der Waals surface area contributed by atoms with E-state index in [0.29, 0.717) is 17.7 Å². The number of nitrogens with one attached hydrogen (secondary N) is 5. The average molecular weight is 840 g/mol.